The first-order valence-electron chi connectivity index (χ1n) is 7.07. The first kappa shape index (κ1) is 15.2. The van der Waals surface area contributed by atoms with E-state index >= 15 is 0 Å². The fourth-order valence-electron chi connectivity index (χ4n) is 3.14. The Labute approximate surface area is 140 Å². The van der Waals surface area contributed by atoms with Crippen molar-refractivity contribution in [2.24, 2.45) is 0 Å². The van der Waals surface area contributed by atoms with Crippen LogP contribution in [-0.4, -0.2) is 13.1 Å². The molecule has 0 bridgehead atoms. The molecule has 1 fully saturated rings. The van der Waals surface area contributed by atoms with Crippen LogP contribution in [0.3, 0.4) is 0 Å². The minimum Gasteiger partial charge on any atom is -0.316 e. The molecule has 2 aromatic rings. The average Bonchev–Trinajstić information content (AvgIpc) is 2.48. The summed E-state index contributed by atoms with van der Waals surface area (Å²) in [6.07, 6.45) is 1.04. The van der Waals surface area contributed by atoms with Gasteiger partial charge in [0.05, 0.1) is 0 Å². The quantitative estimate of drug-likeness (QED) is 0.760. The molecule has 4 heteroatoms. The smallest absolute Gasteiger partial charge is 0.0455 e. The van der Waals surface area contributed by atoms with Crippen LogP contribution in [0, 0.1) is 0 Å². The summed E-state index contributed by atoms with van der Waals surface area (Å²) in [5.41, 5.74) is 2.34. The summed E-state index contributed by atoms with van der Waals surface area (Å²) in [7, 11) is 0. The van der Waals surface area contributed by atoms with Gasteiger partial charge in [0.25, 0.3) is 0 Å². The van der Waals surface area contributed by atoms with Crippen LogP contribution in [-0.2, 0) is 0 Å². The monoisotopic (exact) mass is 339 g/mol. The molecule has 0 spiro atoms. The molecule has 0 saturated carbocycles. The van der Waals surface area contributed by atoms with Crippen LogP contribution in [0.15, 0.2) is 42.5 Å². The van der Waals surface area contributed by atoms with E-state index < -0.39 is 0 Å². The Morgan fingerprint density at radius 1 is 0.857 bits per heavy atom. The zero-order valence-corrected chi connectivity index (χ0v) is 13.7. The van der Waals surface area contributed by atoms with Gasteiger partial charge in [-0.2, -0.15) is 0 Å². The molecule has 21 heavy (non-hydrogen) atoms. The highest BCUT2D eigenvalue weighted by Crippen LogP contribution is 2.42. The Hall–Kier alpha value is -0.730. The maximum atomic E-state index is 6.42. The van der Waals surface area contributed by atoms with Crippen molar-refractivity contribution < 1.29 is 0 Å². The van der Waals surface area contributed by atoms with Gasteiger partial charge in [0.2, 0.25) is 0 Å². The van der Waals surface area contributed by atoms with Gasteiger partial charge in [-0.15, -0.1) is 0 Å². The van der Waals surface area contributed by atoms with Crippen molar-refractivity contribution in [1.82, 2.24) is 5.32 Å². The lowest BCUT2D eigenvalue weighted by atomic mass is 9.77. The second-order valence-corrected chi connectivity index (χ2v) is 6.64. The summed E-state index contributed by atoms with van der Waals surface area (Å²) < 4.78 is 0. The van der Waals surface area contributed by atoms with Gasteiger partial charge in [-0.25, -0.2) is 0 Å². The molecular weight excluding hydrogens is 325 g/mol. The molecule has 0 aromatic heterocycles. The molecule has 1 saturated heterocycles. The Morgan fingerprint density at radius 2 is 1.62 bits per heavy atom. The van der Waals surface area contributed by atoms with Crippen LogP contribution in [0.4, 0.5) is 0 Å². The van der Waals surface area contributed by atoms with E-state index in [4.69, 9.17) is 34.8 Å². The summed E-state index contributed by atoms with van der Waals surface area (Å²) >= 11 is 18.8. The number of nitrogens with one attached hydrogen (secondary N) is 1. The maximum absolute atomic E-state index is 6.42. The molecule has 1 aliphatic rings. The Morgan fingerprint density at radius 3 is 2.38 bits per heavy atom. The number of halogens is 3. The first-order valence-corrected chi connectivity index (χ1v) is 8.20. The van der Waals surface area contributed by atoms with E-state index in [9.17, 15) is 0 Å². The van der Waals surface area contributed by atoms with Crippen molar-refractivity contribution in [2.75, 3.05) is 13.1 Å². The largest absolute Gasteiger partial charge is 0.316 e. The van der Waals surface area contributed by atoms with Gasteiger partial charge in [-0.1, -0.05) is 59.1 Å². The third-order valence-corrected chi connectivity index (χ3v) is 5.06. The number of piperidine rings is 1. The molecular formula is C17H16Cl3N. The lowest BCUT2D eigenvalue weighted by Crippen LogP contribution is -2.34. The topological polar surface area (TPSA) is 12.0 Å². The van der Waals surface area contributed by atoms with E-state index in [0.717, 1.165) is 35.1 Å². The molecule has 2 atom stereocenters. The fraction of sp³-hybridized carbons (Fsp3) is 0.294. The normalized spacial score (nSPS) is 22.2. The van der Waals surface area contributed by atoms with Gasteiger partial charge in [-0.3, -0.25) is 0 Å². The molecule has 2 aromatic carbocycles. The molecule has 0 aliphatic carbocycles. The lowest BCUT2D eigenvalue weighted by molar-refractivity contribution is 0.404. The van der Waals surface area contributed by atoms with Gasteiger partial charge in [0, 0.05) is 27.5 Å². The molecule has 1 nitrogen and oxygen atoms in total. The average molecular weight is 341 g/mol. The van der Waals surface area contributed by atoms with Crippen molar-refractivity contribution >= 4 is 34.8 Å². The Kier molecular flexibility index (Phi) is 4.75. The number of hydrogen-bond donors (Lipinski definition) is 1. The Balaban J connectivity index is 2.00. The fourth-order valence-corrected chi connectivity index (χ4v) is 3.96. The van der Waals surface area contributed by atoms with E-state index in [1.165, 1.54) is 5.56 Å². The highest BCUT2D eigenvalue weighted by Gasteiger charge is 2.30. The van der Waals surface area contributed by atoms with Crippen LogP contribution in [0.5, 0.6) is 0 Å². The molecule has 1 heterocycles. The minimum absolute atomic E-state index is 0.325. The van der Waals surface area contributed by atoms with Gasteiger partial charge in [0.15, 0.2) is 0 Å². The zero-order chi connectivity index (χ0) is 14.8. The highest BCUT2D eigenvalue weighted by atomic mass is 35.5. The summed E-state index contributed by atoms with van der Waals surface area (Å²) in [5, 5.41) is 5.70. The van der Waals surface area contributed by atoms with Gasteiger partial charge in [-0.05, 0) is 48.2 Å². The summed E-state index contributed by atoms with van der Waals surface area (Å²) in [4.78, 5) is 0. The summed E-state index contributed by atoms with van der Waals surface area (Å²) in [6.45, 7) is 1.90. The number of rotatable bonds is 2. The van der Waals surface area contributed by atoms with Gasteiger partial charge in [0.1, 0.15) is 0 Å². The second kappa shape index (κ2) is 6.58. The maximum Gasteiger partial charge on any atom is 0.0455 e. The third kappa shape index (κ3) is 3.22. The van der Waals surface area contributed by atoms with E-state index in [0.29, 0.717) is 16.9 Å². The van der Waals surface area contributed by atoms with Crippen LogP contribution in [0.1, 0.15) is 29.4 Å². The minimum atomic E-state index is 0.325. The van der Waals surface area contributed by atoms with Crippen molar-refractivity contribution in [3.63, 3.8) is 0 Å². The van der Waals surface area contributed by atoms with E-state index in [-0.39, 0.29) is 0 Å². The summed E-state index contributed by atoms with van der Waals surface area (Å²) in [6, 6.07) is 13.8. The molecule has 1 N–H and O–H groups in total. The summed E-state index contributed by atoms with van der Waals surface area (Å²) in [5.74, 6) is 0.682. The van der Waals surface area contributed by atoms with E-state index in [1.54, 1.807) is 0 Å². The standard InChI is InChI=1S/C17H16Cl3N/c18-11-5-6-14(17(20)9-11)12-7-8-21-10-15(12)13-3-1-2-4-16(13)19/h1-6,9,12,15,21H,7-8,10H2. The van der Waals surface area contributed by atoms with E-state index in [1.807, 2.05) is 36.4 Å². The SMILES string of the molecule is Clc1ccc(C2CCNCC2c2ccccc2Cl)c(Cl)c1. The lowest BCUT2D eigenvalue weighted by Gasteiger charge is -2.34. The molecule has 110 valence electrons. The van der Waals surface area contributed by atoms with Gasteiger partial charge < -0.3 is 5.32 Å². The molecule has 1 aliphatic heterocycles. The van der Waals surface area contributed by atoms with Crippen LogP contribution < -0.4 is 5.32 Å². The van der Waals surface area contributed by atoms with Crippen molar-refractivity contribution in [3.05, 3.63) is 68.7 Å². The second-order valence-electron chi connectivity index (χ2n) is 5.39. The predicted octanol–water partition coefficient (Wildman–Crippen LogP) is 5.51. The third-order valence-electron chi connectivity index (χ3n) is 4.15. The van der Waals surface area contributed by atoms with E-state index in [2.05, 4.69) is 11.4 Å². The van der Waals surface area contributed by atoms with Crippen LogP contribution in [0.2, 0.25) is 15.1 Å². The van der Waals surface area contributed by atoms with Crippen LogP contribution in [0.25, 0.3) is 0 Å². The Bertz CT molecular complexity index is 642. The van der Waals surface area contributed by atoms with Crippen LogP contribution >= 0.6 is 34.8 Å². The first-order chi connectivity index (χ1) is 10.2. The van der Waals surface area contributed by atoms with Crippen molar-refractivity contribution in [3.8, 4) is 0 Å². The molecule has 2 unspecified atom stereocenters. The molecule has 0 radical (unpaired) electrons. The molecule has 0 amide bonds. The van der Waals surface area contributed by atoms with Gasteiger partial charge >= 0.3 is 0 Å². The van der Waals surface area contributed by atoms with Crippen molar-refractivity contribution in [2.45, 2.75) is 18.3 Å². The van der Waals surface area contributed by atoms with Crippen molar-refractivity contribution in [1.29, 1.82) is 0 Å². The number of hydrogen-bond acceptors (Lipinski definition) is 1. The highest BCUT2D eigenvalue weighted by molar-refractivity contribution is 6.35. The predicted molar refractivity (Wildman–Crippen MR) is 90.9 cm³/mol. The number of benzene rings is 2. The molecule has 3 rings (SSSR count). The zero-order valence-electron chi connectivity index (χ0n) is 11.5.